The minimum Gasteiger partial charge on any atom is -0.310 e. The average molecular weight is 743 g/mol. The molecule has 1 aliphatic carbocycles. The SMILES string of the molecule is Cc1c2c3c(cccc3c3cc(N(c4ccccc4)c4cccc5ccccc45)ccc13)C(C)(C)c1cc(N(c3ccccc3)c3cccc4ccccc34)ccc1-2. The zero-order chi connectivity index (χ0) is 39.0. The molecule has 0 unspecified atom stereocenters. The van der Waals surface area contributed by atoms with Crippen molar-refractivity contribution >= 4 is 77.2 Å². The molecule has 0 radical (unpaired) electrons. The highest BCUT2D eigenvalue weighted by Gasteiger charge is 2.36. The van der Waals surface area contributed by atoms with Gasteiger partial charge in [0.25, 0.3) is 0 Å². The fourth-order valence-corrected chi connectivity index (χ4v) is 9.81. The van der Waals surface area contributed by atoms with Crippen LogP contribution in [0.15, 0.2) is 200 Å². The van der Waals surface area contributed by atoms with E-state index < -0.39 is 0 Å². The third-order valence-corrected chi connectivity index (χ3v) is 12.6. The third-order valence-electron chi connectivity index (χ3n) is 12.6. The van der Waals surface area contributed by atoms with Crippen LogP contribution in [-0.2, 0) is 5.41 Å². The van der Waals surface area contributed by atoms with E-state index in [1.54, 1.807) is 0 Å². The molecule has 2 heteroatoms. The zero-order valence-corrected chi connectivity index (χ0v) is 32.9. The molecule has 0 fully saturated rings. The van der Waals surface area contributed by atoms with Gasteiger partial charge >= 0.3 is 0 Å². The summed E-state index contributed by atoms with van der Waals surface area (Å²) in [5, 5.41) is 10.1. The maximum Gasteiger partial charge on any atom is 0.0540 e. The molecule has 10 aromatic rings. The first-order chi connectivity index (χ1) is 28.5. The summed E-state index contributed by atoms with van der Waals surface area (Å²) in [7, 11) is 0. The van der Waals surface area contributed by atoms with Crippen LogP contribution in [0, 0.1) is 6.92 Å². The van der Waals surface area contributed by atoms with E-state index in [4.69, 9.17) is 0 Å². The van der Waals surface area contributed by atoms with Crippen molar-refractivity contribution in [1.29, 1.82) is 0 Å². The van der Waals surface area contributed by atoms with Gasteiger partial charge in [0.1, 0.15) is 0 Å². The van der Waals surface area contributed by atoms with Crippen LogP contribution in [0.5, 0.6) is 0 Å². The Labute approximate surface area is 339 Å². The number of rotatable bonds is 6. The van der Waals surface area contributed by atoms with E-state index in [-0.39, 0.29) is 5.41 Å². The van der Waals surface area contributed by atoms with E-state index in [1.807, 2.05) is 0 Å². The minimum absolute atomic E-state index is 0.254. The van der Waals surface area contributed by atoms with Crippen molar-refractivity contribution in [2.75, 3.05) is 9.80 Å². The van der Waals surface area contributed by atoms with Gasteiger partial charge in [0.05, 0.1) is 11.4 Å². The summed E-state index contributed by atoms with van der Waals surface area (Å²) in [4.78, 5) is 4.85. The summed E-state index contributed by atoms with van der Waals surface area (Å²) in [6.45, 7) is 7.15. The van der Waals surface area contributed by atoms with Crippen molar-refractivity contribution in [3.63, 3.8) is 0 Å². The highest BCUT2D eigenvalue weighted by molar-refractivity contribution is 6.19. The summed E-state index contributed by atoms with van der Waals surface area (Å²) in [6.07, 6.45) is 0. The molecule has 0 spiro atoms. The largest absolute Gasteiger partial charge is 0.310 e. The molecule has 0 saturated heterocycles. The Morgan fingerprint density at radius 1 is 0.362 bits per heavy atom. The van der Waals surface area contributed by atoms with E-state index in [2.05, 4.69) is 231 Å². The number of anilines is 6. The number of hydrogen-bond donors (Lipinski definition) is 0. The summed E-state index contributed by atoms with van der Waals surface area (Å²) in [5.74, 6) is 0. The molecule has 0 saturated carbocycles. The molecule has 0 bridgehead atoms. The van der Waals surface area contributed by atoms with E-state index in [9.17, 15) is 0 Å². The van der Waals surface area contributed by atoms with Crippen LogP contribution in [0.4, 0.5) is 34.1 Å². The quantitative estimate of drug-likeness (QED) is 0.157. The Bertz CT molecular complexity index is 3210. The van der Waals surface area contributed by atoms with Crippen LogP contribution in [-0.4, -0.2) is 0 Å². The van der Waals surface area contributed by atoms with Crippen molar-refractivity contribution < 1.29 is 0 Å². The summed E-state index contributed by atoms with van der Waals surface area (Å²) in [5.41, 5.74) is 13.3. The topological polar surface area (TPSA) is 6.48 Å². The zero-order valence-electron chi connectivity index (χ0n) is 32.9. The van der Waals surface area contributed by atoms with Gasteiger partial charge in [-0.15, -0.1) is 0 Å². The normalized spacial score (nSPS) is 12.9. The van der Waals surface area contributed by atoms with Crippen LogP contribution in [0.2, 0.25) is 0 Å². The van der Waals surface area contributed by atoms with Gasteiger partial charge in [0.15, 0.2) is 0 Å². The smallest absolute Gasteiger partial charge is 0.0540 e. The minimum atomic E-state index is -0.254. The second-order valence-corrected chi connectivity index (χ2v) is 16.2. The monoisotopic (exact) mass is 742 g/mol. The van der Waals surface area contributed by atoms with Gasteiger partial charge in [-0.1, -0.05) is 153 Å². The number of aryl methyl sites for hydroxylation is 1. The molecular weight excluding hydrogens is 701 g/mol. The van der Waals surface area contributed by atoms with Gasteiger partial charge in [0.2, 0.25) is 0 Å². The highest BCUT2D eigenvalue weighted by Crippen LogP contribution is 2.54. The first-order valence-electron chi connectivity index (χ1n) is 20.3. The fourth-order valence-electron chi connectivity index (χ4n) is 9.81. The molecule has 0 aliphatic heterocycles. The van der Waals surface area contributed by atoms with E-state index in [0.717, 1.165) is 22.7 Å². The maximum atomic E-state index is 2.46. The Balaban J connectivity index is 1.13. The van der Waals surface area contributed by atoms with Crippen molar-refractivity contribution in [2.45, 2.75) is 26.2 Å². The lowest BCUT2D eigenvalue weighted by Crippen LogP contribution is -2.25. The molecule has 2 nitrogen and oxygen atoms in total. The fraction of sp³-hybridized carbons (Fsp3) is 0.0714. The Morgan fingerprint density at radius 3 is 1.48 bits per heavy atom. The maximum absolute atomic E-state index is 2.46. The Kier molecular flexibility index (Phi) is 7.78. The van der Waals surface area contributed by atoms with Gasteiger partial charge in [-0.25, -0.2) is 0 Å². The molecule has 0 N–H and O–H groups in total. The van der Waals surface area contributed by atoms with Gasteiger partial charge < -0.3 is 9.80 Å². The van der Waals surface area contributed by atoms with Crippen LogP contribution < -0.4 is 9.80 Å². The lowest BCUT2D eigenvalue weighted by atomic mass is 9.67. The molecule has 11 rings (SSSR count). The van der Waals surface area contributed by atoms with Crippen molar-refractivity contribution in [2.24, 2.45) is 0 Å². The summed E-state index contributed by atoms with van der Waals surface area (Å²) in [6, 6.07) is 73.4. The van der Waals surface area contributed by atoms with E-state index in [0.29, 0.717) is 0 Å². The third kappa shape index (κ3) is 5.18. The van der Waals surface area contributed by atoms with E-state index >= 15 is 0 Å². The highest BCUT2D eigenvalue weighted by atomic mass is 15.1. The first kappa shape index (κ1) is 34.1. The molecule has 58 heavy (non-hydrogen) atoms. The van der Waals surface area contributed by atoms with Gasteiger partial charge in [-0.2, -0.15) is 0 Å². The number of para-hydroxylation sites is 2. The molecule has 0 amide bonds. The van der Waals surface area contributed by atoms with Gasteiger partial charge in [0, 0.05) is 38.9 Å². The van der Waals surface area contributed by atoms with Crippen LogP contribution in [0.1, 0.15) is 30.5 Å². The predicted octanol–water partition coefficient (Wildman–Crippen LogP) is 15.9. The average Bonchev–Trinajstić information content (AvgIpc) is 3.27. The first-order valence-corrected chi connectivity index (χ1v) is 20.3. The molecule has 276 valence electrons. The van der Waals surface area contributed by atoms with Gasteiger partial charge in [-0.3, -0.25) is 0 Å². The lowest BCUT2D eigenvalue weighted by Gasteiger charge is -2.38. The number of nitrogens with zero attached hydrogens (tertiary/aromatic N) is 2. The van der Waals surface area contributed by atoms with Crippen molar-refractivity contribution in [3.8, 4) is 11.1 Å². The molecule has 10 aromatic carbocycles. The summed E-state index contributed by atoms with van der Waals surface area (Å²) >= 11 is 0. The lowest BCUT2D eigenvalue weighted by molar-refractivity contribution is 0.645. The number of hydrogen-bond acceptors (Lipinski definition) is 2. The van der Waals surface area contributed by atoms with Crippen molar-refractivity contribution in [3.05, 3.63) is 217 Å². The van der Waals surface area contributed by atoms with Crippen LogP contribution in [0.25, 0.3) is 54.2 Å². The standard InChI is InChI=1S/C56H42N2/c1-37-44-33-31-42(57(40-21-6-4-7-22-40)52-29-14-19-38-17-10-12-25-45(38)52)35-49(44)47-27-16-28-50-55(47)54(37)48-34-32-43(36-51(48)56(50,2)3)58(41-23-8-5-9-24-41)53-30-15-20-39-18-11-13-26-46(39)53/h4-36H,1-3H3. The molecule has 0 atom stereocenters. The predicted molar refractivity (Wildman–Crippen MR) is 248 cm³/mol. The van der Waals surface area contributed by atoms with Gasteiger partial charge in [-0.05, 0) is 128 Å². The molecule has 0 aromatic heterocycles. The summed E-state index contributed by atoms with van der Waals surface area (Å²) < 4.78 is 0. The van der Waals surface area contributed by atoms with Crippen LogP contribution >= 0.6 is 0 Å². The molecule has 1 aliphatic rings. The Morgan fingerprint density at radius 2 is 0.862 bits per heavy atom. The van der Waals surface area contributed by atoms with Crippen molar-refractivity contribution in [1.82, 2.24) is 0 Å². The second-order valence-electron chi connectivity index (χ2n) is 16.2. The number of fused-ring (bicyclic) bond motifs is 6. The Hall–Kier alpha value is -7.16. The molecular formula is C56H42N2. The second kappa shape index (κ2) is 13.2. The number of benzene rings is 10. The molecule has 0 heterocycles. The van der Waals surface area contributed by atoms with Crippen LogP contribution in [0.3, 0.4) is 0 Å². The van der Waals surface area contributed by atoms with E-state index in [1.165, 1.54) is 82.3 Å².